The third-order valence-electron chi connectivity index (χ3n) is 4.16. The first-order chi connectivity index (χ1) is 11.4. The highest BCUT2D eigenvalue weighted by molar-refractivity contribution is 7.89. The normalized spacial score (nSPS) is 14.3. The van der Waals surface area contributed by atoms with Crippen LogP contribution in [-0.4, -0.2) is 32.8 Å². The van der Waals surface area contributed by atoms with Gasteiger partial charge in [0.15, 0.2) is 0 Å². The summed E-state index contributed by atoms with van der Waals surface area (Å²) in [7, 11) is -2.19. The van der Waals surface area contributed by atoms with E-state index in [1.54, 1.807) is 24.3 Å². The Hall–Kier alpha value is -2.25. The molecule has 0 radical (unpaired) electrons. The van der Waals surface area contributed by atoms with Crippen LogP contribution in [0.1, 0.15) is 21.5 Å². The molecular formula is C17H17FN2O3S. The van der Waals surface area contributed by atoms with E-state index in [4.69, 9.17) is 0 Å². The van der Waals surface area contributed by atoms with Crippen LogP contribution in [0.3, 0.4) is 0 Å². The highest BCUT2D eigenvalue weighted by Gasteiger charge is 2.25. The SMILES string of the molecule is CNS(=O)(=O)c1ccc2c(c1)CN(C(=O)c1ccccc1F)CC2. The topological polar surface area (TPSA) is 66.5 Å². The fraction of sp³-hybridized carbons (Fsp3) is 0.235. The van der Waals surface area contributed by atoms with Crippen LogP contribution in [0.25, 0.3) is 0 Å². The quantitative estimate of drug-likeness (QED) is 0.922. The summed E-state index contributed by atoms with van der Waals surface area (Å²) in [6.07, 6.45) is 0.607. The van der Waals surface area contributed by atoms with Crippen molar-refractivity contribution in [2.24, 2.45) is 0 Å². The molecule has 1 amide bonds. The Morgan fingerprint density at radius 2 is 1.92 bits per heavy atom. The van der Waals surface area contributed by atoms with E-state index in [1.165, 1.54) is 30.1 Å². The lowest BCUT2D eigenvalue weighted by Crippen LogP contribution is -2.36. The molecular weight excluding hydrogens is 331 g/mol. The van der Waals surface area contributed by atoms with Crippen molar-refractivity contribution in [2.45, 2.75) is 17.9 Å². The van der Waals surface area contributed by atoms with Crippen LogP contribution >= 0.6 is 0 Å². The number of carbonyl (C=O) groups is 1. The summed E-state index contributed by atoms with van der Waals surface area (Å²) >= 11 is 0. The molecule has 126 valence electrons. The van der Waals surface area contributed by atoms with E-state index in [2.05, 4.69) is 4.72 Å². The average Bonchev–Trinajstić information content (AvgIpc) is 2.60. The lowest BCUT2D eigenvalue weighted by molar-refractivity contribution is 0.0730. The van der Waals surface area contributed by atoms with Crippen molar-refractivity contribution < 1.29 is 17.6 Å². The van der Waals surface area contributed by atoms with E-state index in [1.807, 2.05) is 0 Å². The number of nitrogens with zero attached hydrogens (tertiary/aromatic N) is 1. The number of hydrogen-bond acceptors (Lipinski definition) is 3. The molecule has 2 aromatic rings. The molecule has 24 heavy (non-hydrogen) atoms. The molecule has 2 aromatic carbocycles. The standard InChI is InChI=1S/C17H17FN2O3S/c1-19-24(22,23)14-7-6-12-8-9-20(11-13(12)10-14)17(21)15-4-2-3-5-16(15)18/h2-7,10,19H,8-9,11H2,1H3. The van der Waals surface area contributed by atoms with Gasteiger partial charge >= 0.3 is 0 Å². The minimum absolute atomic E-state index is 0.0277. The van der Waals surface area contributed by atoms with Gasteiger partial charge in [0, 0.05) is 13.1 Å². The van der Waals surface area contributed by atoms with Gasteiger partial charge in [-0.05, 0) is 48.9 Å². The Bertz CT molecular complexity index is 896. The van der Waals surface area contributed by atoms with Gasteiger partial charge in [-0.25, -0.2) is 17.5 Å². The molecule has 0 spiro atoms. The first-order valence-corrected chi connectivity index (χ1v) is 9.00. The van der Waals surface area contributed by atoms with E-state index in [9.17, 15) is 17.6 Å². The average molecular weight is 348 g/mol. The minimum Gasteiger partial charge on any atom is -0.334 e. The van der Waals surface area contributed by atoms with E-state index in [0.717, 1.165) is 11.1 Å². The number of amides is 1. The van der Waals surface area contributed by atoms with Crippen LogP contribution in [-0.2, 0) is 23.0 Å². The monoisotopic (exact) mass is 348 g/mol. The smallest absolute Gasteiger partial charge is 0.257 e. The maximum atomic E-state index is 13.8. The first-order valence-electron chi connectivity index (χ1n) is 7.51. The van der Waals surface area contributed by atoms with Gasteiger partial charge in [-0.15, -0.1) is 0 Å². The van der Waals surface area contributed by atoms with Gasteiger partial charge in [0.25, 0.3) is 5.91 Å². The van der Waals surface area contributed by atoms with E-state index < -0.39 is 15.8 Å². The molecule has 1 heterocycles. The minimum atomic E-state index is -3.54. The summed E-state index contributed by atoms with van der Waals surface area (Å²) in [6.45, 7) is 0.730. The lowest BCUT2D eigenvalue weighted by atomic mass is 9.99. The van der Waals surface area contributed by atoms with Crippen molar-refractivity contribution in [3.05, 3.63) is 65.0 Å². The number of fused-ring (bicyclic) bond motifs is 1. The van der Waals surface area contributed by atoms with Gasteiger partial charge in [0.1, 0.15) is 5.82 Å². The summed E-state index contributed by atoms with van der Waals surface area (Å²) in [6, 6.07) is 10.8. The van der Waals surface area contributed by atoms with Crippen LogP contribution in [0.5, 0.6) is 0 Å². The van der Waals surface area contributed by atoms with Crippen molar-refractivity contribution >= 4 is 15.9 Å². The Morgan fingerprint density at radius 3 is 2.62 bits per heavy atom. The molecule has 1 N–H and O–H groups in total. The Balaban J connectivity index is 1.90. The molecule has 0 aromatic heterocycles. The second kappa shape index (κ2) is 6.33. The van der Waals surface area contributed by atoms with Crippen molar-refractivity contribution in [3.8, 4) is 0 Å². The van der Waals surface area contributed by atoms with Gasteiger partial charge in [-0.3, -0.25) is 4.79 Å². The number of hydrogen-bond donors (Lipinski definition) is 1. The number of nitrogens with one attached hydrogen (secondary N) is 1. The molecule has 1 aliphatic rings. The third-order valence-corrected chi connectivity index (χ3v) is 5.57. The van der Waals surface area contributed by atoms with Gasteiger partial charge in [0.05, 0.1) is 10.5 Å². The number of halogens is 1. The van der Waals surface area contributed by atoms with Crippen LogP contribution in [0.15, 0.2) is 47.4 Å². The van der Waals surface area contributed by atoms with Gasteiger partial charge in [-0.2, -0.15) is 0 Å². The zero-order chi connectivity index (χ0) is 17.3. The van der Waals surface area contributed by atoms with Crippen LogP contribution < -0.4 is 4.72 Å². The zero-order valence-electron chi connectivity index (χ0n) is 13.1. The van der Waals surface area contributed by atoms with Crippen molar-refractivity contribution in [1.29, 1.82) is 0 Å². The Morgan fingerprint density at radius 1 is 1.17 bits per heavy atom. The van der Waals surface area contributed by atoms with Crippen molar-refractivity contribution in [3.63, 3.8) is 0 Å². The third kappa shape index (κ3) is 3.05. The summed E-state index contributed by atoms with van der Waals surface area (Å²) in [5.41, 5.74) is 1.80. The molecule has 0 saturated heterocycles. The molecule has 0 unspecified atom stereocenters. The molecule has 0 aliphatic carbocycles. The van der Waals surface area contributed by atoms with Gasteiger partial charge in [0.2, 0.25) is 10.0 Å². The summed E-state index contributed by atoms with van der Waals surface area (Å²) in [5, 5.41) is 0. The molecule has 1 aliphatic heterocycles. The molecule has 0 bridgehead atoms. The van der Waals surface area contributed by atoms with Crippen molar-refractivity contribution in [2.75, 3.05) is 13.6 Å². The zero-order valence-corrected chi connectivity index (χ0v) is 13.9. The number of sulfonamides is 1. The van der Waals surface area contributed by atoms with Gasteiger partial charge < -0.3 is 4.90 Å². The largest absolute Gasteiger partial charge is 0.334 e. The van der Waals surface area contributed by atoms with E-state index in [0.29, 0.717) is 13.0 Å². The molecule has 0 atom stereocenters. The Kier molecular flexibility index (Phi) is 4.38. The van der Waals surface area contributed by atoms with Crippen LogP contribution in [0.4, 0.5) is 4.39 Å². The maximum Gasteiger partial charge on any atom is 0.257 e. The predicted molar refractivity (Wildman–Crippen MR) is 87.5 cm³/mol. The number of carbonyl (C=O) groups excluding carboxylic acids is 1. The highest BCUT2D eigenvalue weighted by atomic mass is 32.2. The van der Waals surface area contributed by atoms with Crippen LogP contribution in [0.2, 0.25) is 0 Å². The maximum absolute atomic E-state index is 13.8. The number of benzene rings is 2. The molecule has 0 fully saturated rings. The molecule has 7 heteroatoms. The van der Waals surface area contributed by atoms with E-state index >= 15 is 0 Å². The van der Waals surface area contributed by atoms with Crippen LogP contribution in [0, 0.1) is 5.82 Å². The molecule has 0 saturated carbocycles. The summed E-state index contributed by atoms with van der Waals surface area (Å²) < 4.78 is 39.9. The first kappa shape index (κ1) is 16.6. The van der Waals surface area contributed by atoms with Gasteiger partial charge in [-0.1, -0.05) is 18.2 Å². The fourth-order valence-corrected chi connectivity index (χ4v) is 3.58. The highest BCUT2D eigenvalue weighted by Crippen LogP contribution is 2.24. The van der Waals surface area contributed by atoms with E-state index in [-0.39, 0.29) is 22.9 Å². The summed E-state index contributed by atoms with van der Waals surface area (Å²) in [5.74, 6) is -0.944. The summed E-state index contributed by atoms with van der Waals surface area (Å²) in [4.78, 5) is 14.2. The predicted octanol–water partition coefficient (Wildman–Crippen LogP) is 1.93. The molecule has 3 rings (SSSR count). The Labute approximate surface area is 140 Å². The number of rotatable bonds is 3. The fourth-order valence-electron chi connectivity index (χ4n) is 2.80. The second-order valence-electron chi connectivity index (χ2n) is 5.59. The lowest BCUT2D eigenvalue weighted by Gasteiger charge is -2.29. The van der Waals surface area contributed by atoms with Crippen molar-refractivity contribution in [1.82, 2.24) is 9.62 Å². The second-order valence-corrected chi connectivity index (χ2v) is 7.48. The molecule has 5 nitrogen and oxygen atoms in total.